The molecule has 1 amide bonds. The zero-order valence-electron chi connectivity index (χ0n) is 13.9. The molecule has 0 unspecified atom stereocenters. The highest BCUT2D eigenvalue weighted by Crippen LogP contribution is 2.40. The zero-order valence-corrected chi connectivity index (χ0v) is 14.7. The van der Waals surface area contributed by atoms with Crippen LogP contribution in [0.15, 0.2) is 46.4 Å². The second kappa shape index (κ2) is 6.38. The molecule has 4 rings (SSSR count). The van der Waals surface area contributed by atoms with Crippen LogP contribution in [0, 0.1) is 11.8 Å². The molecule has 7 heteroatoms. The van der Waals surface area contributed by atoms with Gasteiger partial charge in [0, 0.05) is 30.3 Å². The van der Waals surface area contributed by atoms with Gasteiger partial charge in [-0.05, 0) is 55.9 Å². The maximum Gasteiger partial charge on any atom is 0.271 e. The van der Waals surface area contributed by atoms with Gasteiger partial charge in [-0.25, -0.2) is 13.8 Å². The summed E-state index contributed by atoms with van der Waals surface area (Å²) in [5.41, 5.74) is 4.03. The summed E-state index contributed by atoms with van der Waals surface area (Å²) in [6.45, 7) is 1.14. The Bertz CT molecular complexity index is 837. The molecule has 1 aliphatic heterocycles. The molecule has 25 heavy (non-hydrogen) atoms. The van der Waals surface area contributed by atoms with Gasteiger partial charge in [0.25, 0.3) is 5.91 Å². The number of fused-ring (bicyclic) bond motifs is 1. The fourth-order valence-corrected chi connectivity index (χ4v) is 5.22. The summed E-state index contributed by atoms with van der Waals surface area (Å²) in [6, 6.07) is 6.07. The van der Waals surface area contributed by atoms with Crippen LogP contribution in [0.4, 0.5) is 0 Å². The largest absolute Gasteiger partial charge is 0.271 e. The summed E-state index contributed by atoms with van der Waals surface area (Å²) in [7, 11) is -3.44. The Kier molecular flexibility index (Phi) is 4.21. The van der Waals surface area contributed by atoms with E-state index >= 15 is 0 Å². The quantitative estimate of drug-likeness (QED) is 0.661. The second-order valence-electron chi connectivity index (χ2n) is 6.82. The van der Waals surface area contributed by atoms with Gasteiger partial charge in [0.2, 0.25) is 10.0 Å². The minimum atomic E-state index is -3.44. The molecule has 1 heterocycles. The molecular weight excluding hydrogens is 338 g/mol. The van der Waals surface area contributed by atoms with E-state index in [9.17, 15) is 13.2 Å². The Balaban J connectivity index is 1.41. The number of hydrogen-bond donors (Lipinski definition) is 1. The molecule has 1 saturated heterocycles. The van der Waals surface area contributed by atoms with E-state index in [1.807, 2.05) is 0 Å². The molecule has 2 aliphatic carbocycles. The van der Waals surface area contributed by atoms with Crippen molar-refractivity contribution >= 4 is 21.6 Å². The molecule has 0 aromatic heterocycles. The van der Waals surface area contributed by atoms with Crippen LogP contribution >= 0.6 is 0 Å². The molecule has 0 bridgehead atoms. The van der Waals surface area contributed by atoms with Crippen molar-refractivity contribution in [3.63, 3.8) is 0 Å². The van der Waals surface area contributed by atoms with E-state index in [1.165, 1.54) is 16.4 Å². The molecule has 0 radical (unpaired) electrons. The van der Waals surface area contributed by atoms with E-state index < -0.39 is 10.0 Å². The number of carbonyl (C=O) groups excluding carboxylic acids is 1. The van der Waals surface area contributed by atoms with E-state index in [-0.39, 0.29) is 10.8 Å². The summed E-state index contributed by atoms with van der Waals surface area (Å²) in [6.07, 6.45) is 8.09. The molecule has 1 N–H and O–H groups in total. The first kappa shape index (κ1) is 16.5. The molecule has 2 atom stereocenters. The normalized spacial score (nSPS) is 27.3. The monoisotopic (exact) mass is 359 g/mol. The van der Waals surface area contributed by atoms with Crippen LogP contribution in [0.1, 0.15) is 36.0 Å². The number of nitrogens with one attached hydrogen (secondary N) is 1. The van der Waals surface area contributed by atoms with Crippen LogP contribution < -0.4 is 5.43 Å². The number of benzene rings is 1. The van der Waals surface area contributed by atoms with Gasteiger partial charge in [0.15, 0.2) is 0 Å². The fourth-order valence-electron chi connectivity index (χ4n) is 3.71. The lowest BCUT2D eigenvalue weighted by Crippen LogP contribution is -2.35. The highest BCUT2D eigenvalue weighted by molar-refractivity contribution is 7.89. The molecule has 132 valence electrons. The lowest BCUT2D eigenvalue weighted by atomic mass is 9.74. The number of allylic oxidation sites excluding steroid dienone is 2. The highest BCUT2D eigenvalue weighted by atomic mass is 32.2. The van der Waals surface area contributed by atoms with Crippen molar-refractivity contribution < 1.29 is 13.2 Å². The number of hydrogen-bond acceptors (Lipinski definition) is 4. The van der Waals surface area contributed by atoms with Crippen molar-refractivity contribution in [1.29, 1.82) is 0 Å². The van der Waals surface area contributed by atoms with Gasteiger partial charge in [0.1, 0.15) is 0 Å². The van der Waals surface area contributed by atoms with Crippen LogP contribution in [0.25, 0.3) is 0 Å². The van der Waals surface area contributed by atoms with Gasteiger partial charge in [-0.2, -0.15) is 9.41 Å². The number of amides is 1. The molecule has 3 aliphatic rings. The number of hydrazone groups is 1. The van der Waals surface area contributed by atoms with Gasteiger partial charge in [0.05, 0.1) is 4.90 Å². The van der Waals surface area contributed by atoms with Crippen LogP contribution in [-0.2, 0) is 10.0 Å². The first-order valence-electron chi connectivity index (χ1n) is 8.69. The second-order valence-corrected chi connectivity index (χ2v) is 8.76. The molecule has 1 saturated carbocycles. The summed E-state index contributed by atoms with van der Waals surface area (Å²) in [4.78, 5) is 12.4. The Hall–Kier alpha value is -1.99. The molecule has 1 aromatic rings. The molecule has 0 spiro atoms. The summed E-state index contributed by atoms with van der Waals surface area (Å²) < 4.78 is 26.5. The van der Waals surface area contributed by atoms with Gasteiger partial charge in [-0.15, -0.1) is 0 Å². The summed E-state index contributed by atoms with van der Waals surface area (Å²) in [5, 5.41) is 4.23. The smallest absolute Gasteiger partial charge is 0.267 e. The minimum absolute atomic E-state index is 0.233. The van der Waals surface area contributed by atoms with Crippen LogP contribution in [0.3, 0.4) is 0 Å². The Labute approximate surface area is 147 Å². The summed E-state index contributed by atoms with van der Waals surface area (Å²) in [5.74, 6) is 0.728. The Morgan fingerprint density at radius 2 is 1.88 bits per heavy atom. The predicted molar refractivity (Wildman–Crippen MR) is 94.7 cm³/mol. The summed E-state index contributed by atoms with van der Waals surface area (Å²) >= 11 is 0. The van der Waals surface area contributed by atoms with Gasteiger partial charge in [-0.3, -0.25) is 4.79 Å². The van der Waals surface area contributed by atoms with Crippen LogP contribution in [0.2, 0.25) is 0 Å². The Morgan fingerprint density at radius 3 is 2.56 bits per heavy atom. The lowest BCUT2D eigenvalue weighted by molar-refractivity contribution is 0.0954. The standard InChI is InChI=1S/C18H21N3O3S/c22-18(20-19-17-12-14-4-3-5-16(14)17)13-6-8-15(9-7-13)25(23,24)21-10-1-2-11-21/h3-4,6-9,14,16H,1-2,5,10-12H2,(H,20,22)/b19-17-/t14-,16-/m1/s1. The molecule has 2 fully saturated rings. The minimum Gasteiger partial charge on any atom is -0.267 e. The number of sulfonamides is 1. The fraction of sp³-hybridized carbons (Fsp3) is 0.444. The zero-order chi connectivity index (χ0) is 17.4. The lowest BCUT2D eigenvalue weighted by Gasteiger charge is -2.31. The maximum absolute atomic E-state index is 12.5. The van der Waals surface area contributed by atoms with Crippen molar-refractivity contribution in [3.05, 3.63) is 42.0 Å². The number of rotatable bonds is 4. The first-order valence-corrected chi connectivity index (χ1v) is 10.1. The van der Waals surface area contributed by atoms with E-state index in [0.717, 1.165) is 31.4 Å². The topological polar surface area (TPSA) is 78.8 Å². The van der Waals surface area contributed by atoms with E-state index in [2.05, 4.69) is 22.7 Å². The number of nitrogens with zero attached hydrogens (tertiary/aromatic N) is 2. The Morgan fingerprint density at radius 1 is 1.16 bits per heavy atom. The van der Waals surface area contributed by atoms with Gasteiger partial charge in [-0.1, -0.05) is 12.2 Å². The predicted octanol–water partition coefficient (Wildman–Crippen LogP) is 2.15. The van der Waals surface area contributed by atoms with Crippen LogP contribution in [0.5, 0.6) is 0 Å². The van der Waals surface area contributed by atoms with E-state index in [0.29, 0.717) is 30.5 Å². The SMILES string of the molecule is O=C(N/N=C1/C[C@H]2C=CC[C@@H]12)c1ccc(S(=O)(=O)N2CCCC2)cc1. The van der Waals surface area contributed by atoms with Crippen molar-refractivity contribution in [2.24, 2.45) is 16.9 Å². The number of carbonyl (C=O) groups is 1. The average molecular weight is 359 g/mol. The molecular formula is C18H21N3O3S. The third kappa shape index (κ3) is 3.02. The van der Waals surface area contributed by atoms with Crippen LogP contribution in [-0.4, -0.2) is 37.4 Å². The van der Waals surface area contributed by atoms with Gasteiger partial charge >= 0.3 is 0 Å². The average Bonchev–Trinajstić information content (AvgIpc) is 3.26. The van der Waals surface area contributed by atoms with Crippen molar-refractivity contribution in [2.75, 3.05) is 13.1 Å². The highest BCUT2D eigenvalue weighted by Gasteiger charge is 2.38. The third-order valence-corrected chi connectivity index (χ3v) is 7.20. The third-order valence-electron chi connectivity index (χ3n) is 5.28. The van der Waals surface area contributed by atoms with Crippen molar-refractivity contribution in [3.8, 4) is 0 Å². The van der Waals surface area contributed by atoms with E-state index in [1.54, 1.807) is 12.1 Å². The molecule has 1 aromatic carbocycles. The van der Waals surface area contributed by atoms with E-state index in [4.69, 9.17) is 0 Å². The maximum atomic E-state index is 12.5. The van der Waals surface area contributed by atoms with Gasteiger partial charge < -0.3 is 0 Å². The first-order chi connectivity index (χ1) is 12.1. The van der Waals surface area contributed by atoms with Crippen molar-refractivity contribution in [1.82, 2.24) is 9.73 Å². The molecule has 6 nitrogen and oxygen atoms in total. The van der Waals surface area contributed by atoms with Crippen molar-refractivity contribution in [2.45, 2.75) is 30.6 Å².